The lowest BCUT2D eigenvalue weighted by Crippen LogP contribution is -2.15. The molecule has 64 valence electrons. The number of rotatable bonds is 2. The van der Waals surface area contributed by atoms with Gasteiger partial charge in [0.25, 0.3) is 0 Å². The Balaban J connectivity index is 2.93. The summed E-state index contributed by atoms with van der Waals surface area (Å²) in [5.74, 6) is 0.648. The van der Waals surface area contributed by atoms with Crippen LogP contribution in [0.5, 0.6) is 0 Å². The van der Waals surface area contributed by atoms with Gasteiger partial charge in [-0.2, -0.15) is 0 Å². The van der Waals surface area contributed by atoms with Crippen LogP contribution in [0, 0.1) is 0 Å². The Morgan fingerprint density at radius 3 is 2.25 bits per heavy atom. The van der Waals surface area contributed by atoms with Crippen molar-refractivity contribution in [3.05, 3.63) is 18.0 Å². The van der Waals surface area contributed by atoms with Gasteiger partial charge in [-0.1, -0.05) is 12.2 Å². The number of nitrogens with zero attached hydrogens (tertiary/aromatic N) is 3. The minimum absolute atomic E-state index is 0.320. The second kappa shape index (κ2) is 3.44. The number of thiocarbonyl (C=S) groups is 1. The molecule has 12 heavy (non-hydrogen) atoms. The van der Waals surface area contributed by atoms with Crippen molar-refractivity contribution in [2.24, 2.45) is 5.73 Å². The number of hydrogen-bond donors (Lipinski definition) is 1. The van der Waals surface area contributed by atoms with Crippen LogP contribution in [0.25, 0.3) is 0 Å². The molecule has 2 N–H and O–H groups in total. The third-order valence-electron chi connectivity index (χ3n) is 1.32. The normalized spacial score (nSPS) is 9.50. The summed E-state index contributed by atoms with van der Waals surface area (Å²) < 4.78 is 0. The summed E-state index contributed by atoms with van der Waals surface area (Å²) in [6.45, 7) is 0. The minimum Gasteiger partial charge on any atom is -0.389 e. The summed E-state index contributed by atoms with van der Waals surface area (Å²) in [5.41, 5.74) is 6.07. The van der Waals surface area contributed by atoms with Crippen LogP contribution in [0.1, 0.15) is 5.56 Å². The Morgan fingerprint density at radius 1 is 1.42 bits per heavy atom. The van der Waals surface area contributed by atoms with Crippen molar-refractivity contribution < 1.29 is 0 Å². The minimum atomic E-state index is 0.320. The Bertz CT molecular complexity index is 280. The molecular formula is C7H10N4S. The van der Waals surface area contributed by atoms with Gasteiger partial charge in [-0.3, -0.25) is 0 Å². The Kier molecular flexibility index (Phi) is 2.54. The summed E-state index contributed by atoms with van der Waals surface area (Å²) in [4.78, 5) is 10.2. The van der Waals surface area contributed by atoms with Crippen LogP contribution in [0.15, 0.2) is 12.4 Å². The number of nitrogens with two attached hydrogens (primary N) is 1. The highest BCUT2D eigenvalue weighted by Gasteiger charge is 1.99. The molecule has 0 saturated heterocycles. The molecule has 0 aliphatic heterocycles. The number of aromatic nitrogens is 2. The molecule has 5 heteroatoms. The lowest BCUT2D eigenvalue weighted by molar-refractivity contribution is 0.996. The fourth-order valence-corrected chi connectivity index (χ4v) is 0.785. The lowest BCUT2D eigenvalue weighted by atomic mass is 10.3. The molecule has 1 heterocycles. The summed E-state index contributed by atoms with van der Waals surface area (Å²) in [6.07, 6.45) is 3.23. The summed E-state index contributed by atoms with van der Waals surface area (Å²) in [5, 5.41) is 0. The van der Waals surface area contributed by atoms with Gasteiger partial charge >= 0.3 is 0 Å². The van der Waals surface area contributed by atoms with Gasteiger partial charge in [0.1, 0.15) is 4.99 Å². The Hall–Kier alpha value is -1.23. The van der Waals surface area contributed by atoms with Crippen molar-refractivity contribution >= 4 is 23.2 Å². The molecule has 1 aromatic heterocycles. The predicted octanol–water partition coefficient (Wildman–Crippen LogP) is 0.177. The van der Waals surface area contributed by atoms with E-state index in [1.165, 1.54) is 0 Å². The summed E-state index contributed by atoms with van der Waals surface area (Å²) >= 11 is 4.76. The van der Waals surface area contributed by atoms with Gasteiger partial charge in [0.15, 0.2) is 0 Å². The third kappa shape index (κ3) is 1.88. The number of hydrogen-bond acceptors (Lipinski definition) is 4. The van der Waals surface area contributed by atoms with E-state index in [1.54, 1.807) is 12.4 Å². The van der Waals surface area contributed by atoms with E-state index >= 15 is 0 Å². The molecule has 0 aromatic carbocycles. The first-order valence-electron chi connectivity index (χ1n) is 3.40. The van der Waals surface area contributed by atoms with Crippen molar-refractivity contribution in [3.8, 4) is 0 Å². The third-order valence-corrected chi connectivity index (χ3v) is 1.56. The molecule has 0 amide bonds. The van der Waals surface area contributed by atoms with Crippen molar-refractivity contribution in [2.75, 3.05) is 19.0 Å². The fraction of sp³-hybridized carbons (Fsp3) is 0.286. The van der Waals surface area contributed by atoms with E-state index in [9.17, 15) is 0 Å². The highest BCUT2D eigenvalue weighted by Crippen LogP contribution is 2.02. The molecular weight excluding hydrogens is 172 g/mol. The lowest BCUT2D eigenvalue weighted by Gasteiger charge is -2.08. The number of anilines is 1. The molecule has 0 radical (unpaired) electrons. The maximum atomic E-state index is 5.38. The molecule has 4 nitrogen and oxygen atoms in total. The zero-order valence-electron chi connectivity index (χ0n) is 6.98. The molecule has 0 aliphatic carbocycles. The molecule has 0 atom stereocenters. The van der Waals surface area contributed by atoms with E-state index < -0.39 is 0 Å². The van der Waals surface area contributed by atoms with E-state index in [0.29, 0.717) is 16.5 Å². The predicted molar refractivity (Wildman–Crippen MR) is 52.2 cm³/mol. The molecule has 0 unspecified atom stereocenters. The van der Waals surface area contributed by atoms with Gasteiger partial charge < -0.3 is 10.6 Å². The van der Waals surface area contributed by atoms with Gasteiger partial charge in [-0.05, 0) is 0 Å². The van der Waals surface area contributed by atoms with E-state index in [0.717, 1.165) is 0 Å². The molecule has 0 saturated carbocycles. The highest BCUT2D eigenvalue weighted by atomic mass is 32.1. The highest BCUT2D eigenvalue weighted by molar-refractivity contribution is 7.80. The van der Waals surface area contributed by atoms with Gasteiger partial charge in [-0.15, -0.1) is 0 Å². The smallest absolute Gasteiger partial charge is 0.224 e. The SMILES string of the molecule is CN(C)c1ncc(C(N)=S)cn1. The zero-order valence-corrected chi connectivity index (χ0v) is 7.80. The van der Waals surface area contributed by atoms with Crippen LogP contribution < -0.4 is 10.6 Å². The largest absolute Gasteiger partial charge is 0.389 e. The van der Waals surface area contributed by atoms with Crippen LogP contribution in [-0.2, 0) is 0 Å². The first kappa shape index (κ1) is 8.86. The van der Waals surface area contributed by atoms with Crippen LogP contribution in [0.2, 0.25) is 0 Å². The van der Waals surface area contributed by atoms with Gasteiger partial charge in [0, 0.05) is 32.1 Å². The van der Waals surface area contributed by atoms with Crippen LogP contribution in [0.4, 0.5) is 5.95 Å². The van der Waals surface area contributed by atoms with Crippen LogP contribution >= 0.6 is 12.2 Å². The maximum Gasteiger partial charge on any atom is 0.224 e. The topological polar surface area (TPSA) is 55.0 Å². The first-order valence-corrected chi connectivity index (χ1v) is 3.81. The molecule has 0 bridgehead atoms. The molecule has 0 spiro atoms. The van der Waals surface area contributed by atoms with Crippen molar-refractivity contribution in [1.29, 1.82) is 0 Å². The molecule has 1 rings (SSSR count). The van der Waals surface area contributed by atoms with E-state index in [1.807, 2.05) is 19.0 Å². The maximum absolute atomic E-state index is 5.38. The van der Waals surface area contributed by atoms with Crippen molar-refractivity contribution in [3.63, 3.8) is 0 Å². The average Bonchev–Trinajstić information content (AvgIpc) is 2.04. The zero-order chi connectivity index (χ0) is 9.14. The van der Waals surface area contributed by atoms with Gasteiger partial charge in [0.2, 0.25) is 5.95 Å². The fourth-order valence-electron chi connectivity index (χ4n) is 0.679. The van der Waals surface area contributed by atoms with E-state index in [4.69, 9.17) is 18.0 Å². The molecule has 0 aliphatic rings. The molecule has 0 fully saturated rings. The van der Waals surface area contributed by atoms with Gasteiger partial charge in [0.05, 0.1) is 0 Å². The Morgan fingerprint density at radius 2 is 1.92 bits per heavy atom. The second-order valence-electron chi connectivity index (χ2n) is 2.53. The van der Waals surface area contributed by atoms with E-state index in [-0.39, 0.29) is 0 Å². The standard InChI is InChI=1S/C7H10N4S/c1-11(2)7-9-3-5(4-10-7)6(8)12/h3-4H,1-2H3,(H2,8,12). The van der Waals surface area contributed by atoms with Crippen molar-refractivity contribution in [2.45, 2.75) is 0 Å². The first-order chi connectivity index (χ1) is 5.61. The van der Waals surface area contributed by atoms with Crippen molar-refractivity contribution in [1.82, 2.24) is 9.97 Å². The van der Waals surface area contributed by atoms with E-state index in [2.05, 4.69) is 9.97 Å². The second-order valence-corrected chi connectivity index (χ2v) is 2.97. The summed E-state index contributed by atoms with van der Waals surface area (Å²) in [6, 6.07) is 0. The monoisotopic (exact) mass is 182 g/mol. The Labute approximate surface area is 76.4 Å². The quantitative estimate of drug-likeness (QED) is 0.661. The average molecular weight is 182 g/mol. The van der Waals surface area contributed by atoms with Crippen LogP contribution in [-0.4, -0.2) is 29.1 Å². The van der Waals surface area contributed by atoms with Crippen LogP contribution in [0.3, 0.4) is 0 Å². The molecule has 1 aromatic rings. The summed E-state index contributed by atoms with van der Waals surface area (Å²) in [7, 11) is 3.74. The van der Waals surface area contributed by atoms with Gasteiger partial charge in [-0.25, -0.2) is 9.97 Å².